The third-order valence-electron chi connectivity index (χ3n) is 5.20. The molecule has 0 radical (unpaired) electrons. The molecular weight excluding hydrogens is 390 g/mol. The maximum atomic E-state index is 12.0. The van der Waals surface area contributed by atoms with Crippen LogP contribution in [0.15, 0.2) is 29.4 Å². The number of ether oxygens (including phenoxy) is 1. The summed E-state index contributed by atoms with van der Waals surface area (Å²) in [6, 6.07) is 8.04. The Bertz CT molecular complexity index is 852. The summed E-state index contributed by atoms with van der Waals surface area (Å²) in [6.07, 6.45) is 4.62. The van der Waals surface area contributed by atoms with Crippen LogP contribution in [0.1, 0.15) is 38.6 Å². The molecule has 0 unspecified atom stereocenters. The van der Waals surface area contributed by atoms with Crippen LogP contribution < -0.4 is 15.8 Å². The SMILES string of the molecule is COc1ccc(-c2nnc(SCC(=O)NCC(N)=O)n2[C@@H]2CCCC[C@H]2C)cc1. The first-order valence-electron chi connectivity index (χ1n) is 9.76. The van der Waals surface area contributed by atoms with Gasteiger partial charge in [-0.2, -0.15) is 0 Å². The molecule has 0 bridgehead atoms. The number of aromatic nitrogens is 3. The second-order valence-corrected chi connectivity index (χ2v) is 8.21. The number of hydrogen-bond donors (Lipinski definition) is 2. The van der Waals surface area contributed by atoms with Crippen LogP contribution in [-0.4, -0.2) is 46.0 Å². The number of carbonyl (C=O) groups is 2. The third-order valence-corrected chi connectivity index (χ3v) is 6.15. The fourth-order valence-electron chi connectivity index (χ4n) is 3.66. The van der Waals surface area contributed by atoms with E-state index in [9.17, 15) is 9.59 Å². The van der Waals surface area contributed by atoms with Gasteiger partial charge < -0.3 is 15.8 Å². The number of nitrogens with zero attached hydrogens (tertiary/aromatic N) is 3. The summed E-state index contributed by atoms with van der Waals surface area (Å²) < 4.78 is 7.43. The number of primary amides is 1. The van der Waals surface area contributed by atoms with E-state index in [1.807, 2.05) is 24.3 Å². The van der Waals surface area contributed by atoms with Gasteiger partial charge in [0, 0.05) is 11.6 Å². The zero-order valence-corrected chi connectivity index (χ0v) is 17.6. The van der Waals surface area contributed by atoms with E-state index in [0.29, 0.717) is 11.1 Å². The normalized spacial score (nSPS) is 19.0. The summed E-state index contributed by atoms with van der Waals surface area (Å²) in [5.74, 6) is 1.41. The Kier molecular flexibility index (Phi) is 7.13. The molecule has 2 atom stereocenters. The predicted octanol–water partition coefficient (Wildman–Crippen LogP) is 2.40. The monoisotopic (exact) mass is 417 g/mol. The molecule has 0 saturated heterocycles. The number of nitrogens with two attached hydrogens (primary N) is 1. The molecule has 3 rings (SSSR count). The predicted molar refractivity (Wildman–Crippen MR) is 112 cm³/mol. The molecule has 1 fully saturated rings. The van der Waals surface area contributed by atoms with E-state index >= 15 is 0 Å². The van der Waals surface area contributed by atoms with Gasteiger partial charge in [-0.05, 0) is 43.0 Å². The van der Waals surface area contributed by atoms with Gasteiger partial charge in [0.05, 0.1) is 19.4 Å². The Labute approximate surface area is 174 Å². The van der Waals surface area contributed by atoms with Crippen molar-refractivity contribution in [1.82, 2.24) is 20.1 Å². The van der Waals surface area contributed by atoms with Crippen LogP contribution in [0.5, 0.6) is 5.75 Å². The molecule has 1 heterocycles. The molecule has 1 aliphatic rings. The standard InChI is InChI=1S/C20H27N5O3S/c1-13-5-3-4-6-16(13)25-19(14-7-9-15(28-2)10-8-14)23-24-20(25)29-12-18(27)22-11-17(21)26/h7-10,13,16H,3-6,11-12H2,1-2H3,(H2,21,26)(H,22,27)/t13-,16-/m1/s1. The molecule has 8 nitrogen and oxygen atoms in total. The quantitative estimate of drug-likeness (QED) is 0.638. The molecule has 156 valence electrons. The van der Waals surface area contributed by atoms with Crippen molar-refractivity contribution < 1.29 is 14.3 Å². The van der Waals surface area contributed by atoms with Crippen LogP contribution in [-0.2, 0) is 9.59 Å². The fraction of sp³-hybridized carbons (Fsp3) is 0.500. The average Bonchev–Trinajstić information content (AvgIpc) is 3.14. The van der Waals surface area contributed by atoms with Crippen molar-refractivity contribution in [1.29, 1.82) is 0 Å². The Hall–Kier alpha value is -2.55. The lowest BCUT2D eigenvalue weighted by molar-refractivity contribution is -0.123. The molecule has 3 N–H and O–H groups in total. The van der Waals surface area contributed by atoms with Crippen LogP contribution in [0.2, 0.25) is 0 Å². The number of methoxy groups -OCH3 is 1. The van der Waals surface area contributed by atoms with Crippen molar-refractivity contribution >= 4 is 23.6 Å². The van der Waals surface area contributed by atoms with Crippen LogP contribution in [0.25, 0.3) is 11.4 Å². The molecule has 1 aromatic heterocycles. The van der Waals surface area contributed by atoms with Crippen LogP contribution in [0.4, 0.5) is 0 Å². The van der Waals surface area contributed by atoms with E-state index in [1.54, 1.807) is 7.11 Å². The van der Waals surface area contributed by atoms with Gasteiger partial charge >= 0.3 is 0 Å². The highest BCUT2D eigenvalue weighted by Crippen LogP contribution is 2.39. The number of hydrogen-bond acceptors (Lipinski definition) is 6. The molecular formula is C20H27N5O3S. The summed E-state index contributed by atoms with van der Waals surface area (Å²) in [6.45, 7) is 2.10. The minimum absolute atomic E-state index is 0.148. The van der Waals surface area contributed by atoms with E-state index in [4.69, 9.17) is 10.5 Å². The van der Waals surface area contributed by atoms with Crippen LogP contribution >= 0.6 is 11.8 Å². The number of benzene rings is 1. The minimum atomic E-state index is -0.565. The molecule has 1 saturated carbocycles. The lowest BCUT2D eigenvalue weighted by atomic mass is 9.85. The smallest absolute Gasteiger partial charge is 0.236 e. The highest BCUT2D eigenvalue weighted by molar-refractivity contribution is 7.99. The molecule has 1 aromatic carbocycles. The Morgan fingerprint density at radius 3 is 2.62 bits per heavy atom. The van der Waals surface area contributed by atoms with E-state index in [0.717, 1.165) is 30.0 Å². The largest absolute Gasteiger partial charge is 0.497 e. The summed E-state index contributed by atoms with van der Waals surface area (Å²) >= 11 is 1.33. The second-order valence-electron chi connectivity index (χ2n) is 7.27. The minimum Gasteiger partial charge on any atom is -0.497 e. The van der Waals surface area contributed by atoms with Gasteiger partial charge in [0.1, 0.15) is 5.75 Å². The zero-order chi connectivity index (χ0) is 20.8. The molecule has 9 heteroatoms. The van der Waals surface area contributed by atoms with E-state index in [1.165, 1.54) is 24.6 Å². The van der Waals surface area contributed by atoms with Crippen LogP contribution in [0.3, 0.4) is 0 Å². The Morgan fingerprint density at radius 1 is 1.24 bits per heavy atom. The zero-order valence-electron chi connectivity index (χ0n) is 16.8. The average molecular weight is 418 g/mol. The van der Waals surface area contributed by atoms with Gasteiger partial charge in [0.15, 0.2) is 11.0 Å². The maximum Gasteiger partial charge on any atom is 0.236 e. The van der Waals surface area contributed by atoms with E-state index in [-0.39, 0.29) is 24.2 Å². The summed E-state index contributed by atoms with van der Waals surface area (Å²) in [5.41, 5.74) is 6.04. The highest BCUT2D eigenvalue weighted by atomic mass is 32.2. The van der Waals surface area contributed by atoms with Gasteiger partial charge in [-0.15, -0.1) is 10.2 Å². The maximum absolute atomic E-state index is 12.0. The first kappa shape index (κ1) is 21.2. The topological polar surface area (TPSA) is 112 Å². The first-order valence-corrected chi connectivity index (χ1v) is 10.7. The number of rotatable bonds is 8. The van der Waals surface area contributed by atoms with Crippen molar-refractivity contribution in [2.24, 2.45) is 11.7 Å². The van der Waals surface area contributed by atoms with Crippen LogP contribution in [0, 0.1) is 5.92 Å². The first-order chi connectivity index (χ1) is 14.0. The number of thioether (sulfide) groups is 1. The van der Waals surface area contributed by atoms with Crippen molar-refractivity contribution in [2.45, 2.75) is 43.8 Å². The van der Waals surface area contributed by atoms with Crippen molar-refractivity contribution in [3.8, 4) is 17.1 Å². The van der Waals surface area contributed by atoms with Gasteiger partial charge in [0.25, 0.3) is 0 Å². The van der Waals surface area contributed by atoms with E-state index in [2.05, 4.69) is 27.0 Å². The number of amides is 2. The second kappa shape index (κ2) is 9.78. The highest BCUT2D eigenvalue weighted by Gasteiger charge is 2.29. The number of nitrogens with one attached hydrogen (secondary N) is 1. The molecule has 1 aliphatic carbocycles. The molecule has 29 heavy (non-hydrogen) atoms. The summed E-state index contributed by atoms with van der Waals surface area (Å²) in [5, 5.41) is 12.1. The Balaban J connectivity index is 1.86. The summed E-state index contributed by atoms with van der Waals surface area (Å²) in [4.78, 5) is 22.9. The van der Waals surface area contributed by atoms with Gasteiger partial charge in [-0.3, -0.25) is 14.2 Å². The fourth-order valence-corrected chi connectivity index (χ4v) is 4.48. The van der Waals surface area contributed by atoms with Gasteiger partial charge in [0.2, 0.25) is 11.8 Å². The molecule has 2 aromatic rings. The van der Waals surface area contributed by atoms with Gasteiger partial charge in [-0.1, -0.05) is 31.5 Å². The Morgan fingerprint density at radius 2 is 1.97 bits per heavy atom. The van der Waals surface area contributed by atoms with Crippen molar-refractivity contribution in [3.05, 3.63) is 24.3 Å². The van der Waals surface area contributed by atoms with E-state index < -0.39 is 5.91 Å². The van der Waals surface area contributed by atoms with Crippen molar-refractivity contribution in [2.75, 3.05) is 19.4 Å². The third kappa shape index (κ3) is 5.29. The lowest BCUT2D eigenvalue weighted by Gasteiger charge is -2.31. The van der Waals surface area contributed by atoms with Gasteiger partial charge in [-0.25, -0.2) is 0 Å². The molecule has 2 amide bonds. The van der Waals surface area contributed by atoms with Crippen molar-refractivity contribution in [3.63, 3.8) is 0 Å². The lowest BCUT2D eigenvalue weighted by Crippen LogP contribution is -2.34. The molecule has 0 aliphatic heterocycles. The number of carbonyl (C=O) groups excluding carboxylic acids is 2. The molecule has 0 spiro atoms. The summed E-state index contributed by atoms with van der Waals surface area (Å²) in [7, 11) is 1.64.